The van der Waals surface area contributed by atoms with Crippen molar-refractivity contribution in [3.63, 3.8) is 0 Å². The maximum Gasteiger partial charge on any atom is 0.321 e. The molecule has 0 bridgehead atoms. The molecule has 0 aliphatic heterocycles. The number of hydrogen-bond acceptors (Lipinski definition) is 8. The summed E-state index contributed by atoms with van der Waals surface area (Å²) >= 11 is 0. The van der Waals surface area contributed by atoms with Crippen molar-refractivity contribution < 1.29 is 38.5 Å². The third-order valence-electron chi connectivity index (χ3n) is 7.04. The SMILES string of the molecule is CCCCC(=O)OCC(C)C(c1ccc(OC(=O)C(C)C(C)C)c(OC(=O)C(C)C(C)C)c1)[C@H](N)C(=O)O. The van der Waals surface area contributed by atoms with E-state index in [4.69, 9.17) is 19.9 Å². The molecule has 1 rings (SSSR count). The molecule has 0 aliphatic rings. The summed E-state index contributed by atoms with van der Waals surface area (Å²) in [6.07, 6.45) is 1.83. The van der Waals surface area contributed by atoms with E-state index in [1.54, 1.807) is 26.8 Å². The van der Waals surface area contributed by atoms with Gasteiger partial charge in [-0.1, -0.05) is 67.9 Å². The van der Waals surface area contributed by atoms with Crippen molar-refractivity contribution in [2.24, 2.45) is 35.3 Å². The lowest BCUT2D eigenvalue weighted by Gasteiger charge is -2.28. The largest absolute Gasteiger partial charge is 0.480 e. The van der Waals surface area contributed by atoms with Gasteiger partial charge in [-0.05, 0) is 41.9 Å². The summed E-state index contributed by atoms with van der Waals surface area (Å²) in [6.45, 7) is 14.7. The summed E-state index contributed by atoms with van der Waals surface area (Å²) in [4.78, 5) is 49.4. The first-order chi connectivity index (χ1) is 17.7. The third kappa shape index (κ3) is 9.74. The highest BCUT2D eigenvalue weighted by Crippen LogP contribution is 2.37. The fourth-order valence-electron chi connectivity index (χ4n) is 3.61. The molecule has 38 heavy (non-hydrogen) atoms. The Morgan fingerprint density at radius 2 is 1.39 bits per heavy atom. The highest BCUT2D eigenvalue weighted by molar-refractivity contribution is 5.79. The van der Waals surface area contributed by atoms with E-state index in [1.165, 1.54) is 12.1 Å². The number of benzene rings is 1. The van der Waals surface area contributed by atoms with Gasteiger partial charge in [-0.15, -0.1) is 0 Å². The molecule has 0 radical (unpaired) electrons. The van der Waals surface area contributed by atoms with Crippen LogP contribution in [0.3, 0.4) is 0 Å². The zero-order chi connectivity index (χ0) is 29.2. The fourth-order valence-corrected chi connectivity index (χ4v) is 3.61. The molecule has 3 N–H and O–H groups in total. The van der Waals surface area contributed by atoms with Crippen LogP contribution in [0.25, 0.3) is 0 Å². The molecule has 9 nitrogen and oxygen atoms in total. The number of hydrogen-bond donors (Lipinski definition) is 2. The van der Waals surface area contributed by atoms with Crippen LogP contribution in [0.2, 0.25) is 0 Å². The van der Waals surface area contributed by atoms with Gasteiger partial charge in [0.05, 0.1) is 18.4 Å². The summed E-state index contributed by atoms with van der Waals surface area (Å²) in [7, 11) is 0. The average molecular weight is 536 g/mol. The first-order valence-electron chi connectivity index (χ1n) is 13.4. The number of carboxylic acids is 1. The molecule has 0 fully saturated rings. The number of esters is 3. The van der Waals surface area contributed by atoms with Gasteiger partial charge in [-0.3, -0.25) is 19.2 Å². The number of unbranched alkanes of at least 4 members (excludes halogenated alkanes) is 1. The minimum absolute atomic E-state index is 0.000893. The Balaban J connectivity index is 3.43. The molecular formula is C29H45NO8. The van der Waals surface area contributed by atoms with Crippen LogP contribution in [-0.2, 0) is 23.9 Å². The molecule has 0 heterocycles. The average Bonchev–Trinajstić information content (AvgIpc) is 2.86. The van der Waals surface area contributed by atoms with Gasteiger partial charge < -0.3 is 25.1 Å². The normalized spacial score (nSPS) is 15.3. The second-order valence-corrected chi connectivity index (χ2v) is 10.8. The van der Waals surface area contributed by atoms with Gasteiger partial charge in [0.15, 0.2) is 11.5 Å². The fraction of sp³-hybridized carbons (Fsp3) is 0.655. The Hall–Kier alpha value is -2.94. The monoisotopic (exact) mass is 535 g/mol. The molecule has 9 heteroatoms. The topological polar surface area (TPSA) is 142 Å². The molecule has 0 aliphatic carbocycles. The number of rotatable bonds is 15. The van der Waals surface area contributed by atoms with Crippen LogP contribution in [0.15, 0.2) is 18.2 Å². The zero-order valence-corrected chi connectivity index (χ0v) is 24.0. The van der Waals surface area contributed by atoms with Crippen molar-refractivity contribution >= 4 is 23.9 Å². The Labute approximate surface area is 226 Å². The van der Waals surface area contributed by atoms with E-state index in [-0.39, 0.29) is 42.3 Å². The highest BCUT2D eigenvalue weighted by atomic mass is 16.6. The summed E-state index contributed by atoms with van der Waals surface area (Å²) in [6, 6.07) is 3.22. The molecule has 1 aromatic rings. The van der Waals surface area contributed by atoms with E-state index in [1.807, 2.05) is 34.6 Å². The van der Waals surface area contributed by atoms with Crippen molar-refractivity contribution in [2.45, 2.75) is 86.6 Å². The summed E-state index contributed by atoms with van der Waals surface area (Å²) in [5.74, 6) is -4.58. The highest BCUT2D eigenvalue weighted by Gasteiger charge is 2.33. The van der Waals surface area contributed by atoms with Gasteiger partial charge in [0.2, 0.25) is 0 Å². The minimum atomic E-state index is -1.33. The maximum atomic E-state index is 12.8. The van der Waals surface area contributed by atoms with Gasteiger partial charge in [0.25, 0.3) is 0 Å². The van der Waals surface area contributed by atoms with Gasteiger partial charge in [-0.2, -0.15) is 0 Å². The number of aliphatic carboxylic acids is 1. The second-order valence-electron chi connectivity index (χ2n) is 10.8. The Kier molecular flexibility index (Phi) is 13.5. The first-order valence-corrected chi connectivity index (χ1v) is 13.4. The van der Waals surface area contributed by atoms with Crippen LogP contribution in [0, 0.1) is 29.6 Å². The van der Waals surface area contributed by atoms with E-state index in [9.17, 15) is 24.3 Å². The molecule has 5 atom stereocenters. The van der Waals surface area contributed by atoms with E-state index >= 15 is 0 Å². The summed E-state index contributed by atoms with van der Waals surface area (Å²) in [5.41, 5.74) is 6.53. The van der Waals surface area contributed by atoms with Crippen LogP contribution in [-0.4, -0.2) is 41.6 Å². The van der Waals surface area contributed by atoms with E-state index in [0.717, 1.165) is 6.42 Å². The van der Waals surface area contributed by atoms with Gasteiger partial charge in [-0.25, -0.2) is 0 Å². The Bertz CT molecular complexity index is 958. The molecule has 214 valence electrons. The van der Waals surface area contributed by atoms with Crippen molar-refractivity contribution in [3.8, 4) is 11.5 Å². The molecule has 1 aromatic carbocycles. The van der Waals surface area contributed by atoms with Crippen LogP contribution < -0.4 is 15.2 Å². The smallest absolute Gasteiger partial charge is 0.321 e. The lowest BCUT2D eigenvalue weighted by Crippen LogP contribution is -2.40. The first kappa shape index (κ1) is 33.1. The molecule has 4 unspecified atom stereocenters. The standard InChI is InChI=1S/C29H45NO8/c1-9-10-11-24(31)36-15-18(6)25(26(30)27(32)33)21-12-13-22(37-28(34)19(7)16(2)3)23(14-21)38-29(35)20(8)17(4)5/h12-14,16-20,25-26H,9-11,15,30H2,1-8H3,(H,32,33)/t18?,19?,20?,25?,26-/m0/s1. The number of carbonyl (C=O) groups excluding carboxylic acids is 3. The minimum Gasteiger partial charge on any atom is -0.480 e. The Morgan fingerprint density at radius 1 is 0.868 bits per heavy atom. The summed E-state index contributed by atoms with van der Waals surface area (Å²) < 4.78 is 16.6. The number of nitrogens with two attached hydrogens (primary N) is 1. The van der Waals surface area contributed by atoms with E-state index < -0.39 is 47.6 Å². The molecule has 0 aromatic heterocycles. The third-order valence-corrected chi connectivity index (χ3v) is 7.04. The van der Waals surface area contributed by atoms with Gasteiger partial charge in [0.1, 0.15) is 6.04 Å². The predicted molar refractivity (Wildman–Crippen MR) is 144 cm³/mol. The predicted octanol–water partition coefficient (Wildman–Crippen LogP) is 4.95. The number of carbonyl (C=O) groups is 4. The van der Waals surface area contributed by atoms with Crippen molar-refractivity contribution in [1.82, 2.24) is 0 Å². The van der Waals surface area contributed by atoms with Gasteiger partial charge in [0, 0.05) is 12.3 Å². The quantitative estimate of drug-likeness (QED) is 0.236. The van der Waals surface area contributed by atoms with Crippen LogP contribution >= 0.6 is 0 Å². The zero-order valence-electron chi connectivity index (χ0n) is 24.0. The molecular weight excluding hydrogens is 490 g/mol. The lowest BCUT2D eigenvalue weighted by atomic mass is 9.82. The Morgan fingerprint density at radius 3 is 1.87 bits per heavy atom. The van der Waals surface area contributed by atoms with Crippen molar-refractivity contribution in [1.29, 1.82) is 0 Å². The number of ether oxygens (including phenoxy) is 3. The van der Waals surface area contributed by atoms with Crippen LogP contribution in [0.5, 0.6) is 11.5 Å². The number of carboxylic acid groups (broad SMARTS) is 1. The molecule has 0 spiro atoms. The van der Waals surface area contributed by atoms with E-state index in [2.05, 4.69) is 0 Å². The second kappa shape index (κ2) is 15.5. The van der Waals surface area contributed by atoms with Gasteiger partial charge >= 0.3 is 23.9 Å². The molecule has 0 amide bonds. The maximum absolute atomic E-state index is 12.8. The summed E-state index contributed by atoms with van der Waals surface area (Å²) in [5, 5.41) is 9.70. The molecule has 0 saturated carbocycles. The van der Waals surface area contributed by atoms with E-state index in [0.29, 0.717) is 12.0 Å². The lowest BCUT2D eigenvalue weighted by molar-refractivity contribution is -0.145. The van der Waals surface area contributed by atoms with Crippen LogP contribution in [0.4, 0.5) is 0 Å². The molecule has 0 saturated heterocycles. The van der Waals surface area contributed by atoms with Crippen molar-refractivity contribution in [3.05, 3.63) is 23.8 Å². The van der Waals surface area contributed by atoms with Crippen molar-refractivity contribution in [2.75, 3.05) is 6.61 Å². The van der Waals surface area contributed by atoms with Crippen LogP contribution in [0.1, 0.15) is 86.1 Å².